The number of carbonyl (C=O) groups excluding carboxylic acids is 1. The number of rotatable bonds is 9. The van der Waals surface area contributed by atoms with Crippen LogP contribution in [0.4, 0.5) is 0 Å². The number of phenols is 1. The maximum atomic E-state index is 13.1. The largest absolute Gasteiger partial charge is 0.508 e. The number of phenolic OH excluding ortho intramolecular Hbond substituents is 1. The van der Waals surface area contributed by atoms with Crippen LogP contribution < -0.4 is 4.74 Å². The first-order valence-electron chi connectivity index (χ1n) is 13.3. The zero-order valence-electron chi connectivity index (χ0n) is 23.7. The lowest BCUT2D eigenvalue weighted by Crippen LogP contribution is -2.51. The number of hydrogen-bond acceptors (Lipinski definition) is 7. The molecule has 41 heavy (non-hydrogen) atoms. The van der Waals surface area contributed by atoms with E-state index in [4.69, 9.17) is 14.6 Å². The Bertz CT molecular complexity index is 1500. The molecule has 0 aliphatic heterocycles. The first-order chi connectivity index (χ1) is 19.6. The molecule has 1 aliphatic rings. The number of hydrogen-bond donors (Lipinski definition) is 3. The van der Waals surface area contributed by atoms with Gasteiger partial charge in [-0.05, 0) is 49.5 Å². The number of amides is 1. The number of benzene rings is 2. The van der Waals surface area contributed by atoms with Gasteiger partial charge in [0.15, 0.2) is 0 Å². The highest BCUT2D eigenvalue weighted by Crippen LogP contribution is 2.37. The van der Waals surface area contributed by atoms with Crippen molar-refractivity contribution >= 4 is 22.8 Å². The molecule has 11 heteroatoms. The second-order valence-electron chi connectivity index (χ2n) is 10.4. The quantitative estimate of drug-likeness (QED) is 0.263. The number of fused-ring (bicyclic) bond motifs is 1. The van der Waals surface area contributed by atoms with E-state index >= 15 is 0 Å². The topological polar surface area (TPSA) is 137 Å². The molecule has 0 bridgehead atoms. The van der Waals surface area contributed by atoms with Crippen molar-refractivity contribution in [3.63, 3.8) is 0 Å². The number of likely N-dealkylation sites (N-methyl/N-ethyl adjacent to an activating group) is 1. The zero-order valence-corrected chi connectivity index (χ0v) is 23.7. The summed E-state index contributed by atoms with van der Waals surface area (Å²) in [5.41, 5.74) is 3.82. The molecule has 5 rings (SSSR count). The Morgan fingerprint density at radius 2 is 1.85 bits per heavy atom. The van der Waals surface area contributed by atoms with Crippen molar-refractivity contribution < 1.29 is 24.5 Å². The summed E-state index contributed by atoms with van der Waals surface area (Å²) >= 11 is 0. The Hall–Kier alpha value is -4.64. The minimum Gasteiger partial charge on any atom is -0.508 e. The molecule has 1 amide bonds. The Labute approximate surface area is 238 Å². The van der Waals surface area contributed by atoms with Crippen LogP contribution in [0, 0.1) is 0 Å². The molecule has 2 heterocycles. The highest BCUT2D eigenvalue weighted by molar-refractivity contribution is 5.90. The molecule has 0 atom stereocenters. The molecule has 0 radical (unpaired) electrons. The Morgan fingerprint density at radius 1 is 1.15 bits per heavy atom. The normalized spacial score (nSPS) is 16.3. The fourth-order valence-electron chi connectivity index (χ4n) is 4.56. The highest BCUT2D eigenvalue weighted by Gasteiger charge is 2.37. The summed E-state index contributed by atoms with van der Waals surface area (Å²) in [5.74, 6) is 0.149. The van der Waals surface area contributed by atoms with Crippen molar-refractivity contribution in [3.05, 3.63) is 73.0 Å². The van der Waals surface area contributed by atoms with Gasteiger partial charge in [0.05, 0.1) is 35.7 Å². The van der Waals surface area contributed by atoms with Gasteiger partial charge in [0.2, 0.25) is 5.91 Å². The predicted molar refractivity (Wildman–Crippen MR) is 155 cm³/mol. The fraction of sp³-hybridized carbons (Fsp3) is 0.333. The minimum atomic E-state index is -0.833. The molecular formula is C30H36N6O5. The molecule has 0 unspecified atom stereocenters. The van der Waals surface area contributed by atoms with E-state index in [-0.39, 0.29) is 23.8 Å². The third-order valence-electron chi connectivity index (χ3n) is 6.79. The van der Waals surface area contributed by atoms with Crippen LogP contribution in [-0.4, -0.2) is 84.4 Å². The van der Waals surface area contributed by atoms with E-state index in [2.05, 4.69) is 15.2 Å². The van der Waals surface area contributed by atoms with Crippen LogP contribution in [0.2, 0.25) is 0 Å². The van der Waals surface area contributed by atoms with E-state index in [1.165, 1.54) is 0 Å². The van der Waals surface area contributed by atoms with Gasteiger partial charge in [0, 0.05) is 51.7 Å². The van der Waals surface area contributed by atoms with E-state index in [1.54, 1.807) is 36.9 Å². The van der Waals surface area contributed by atoms with Crippen LogP contribution in [0.25, 0.3) is 22.0 Å². The maximum Gasteiger partial charge on any atom is 0.300 e. The third kappa shape index (κ3) is 7.73. The smallest absolute Gasteiger partial charge is 0.300 e. The van der Waals surface area contributed by atoms with E-state index in [1.807, 2.05) is 65.9 Å². The van der Waals surface area contributed by atoms with Gasteiger partial charge >= 0.3 is 0 Å². The average Bonchev–Trinajstić information content (AvgIpc) is 3.53. The summed E-state index contributed by atoms with van der Waals surface area (Å²) in [5, 5.41) is 25.2. The maximum absolute atomic E-state index is 13.1. The van der Waals surface area contributed by atoms with Crippen molar-refractivity contribution in [3.8, 4) is 22.6 Å². The van der Waals surface area contributed by atoms with E-state index < -0.39 is 5.97 Å². The molecule has 11 nitrogen and oxygen atoms in total. The summed E-state index contributed by atoms with van der Waals surface area (Å²) in [6, 6.07) is 11.2. The molecule has 2 aromatic carbocycles. The van der Waals surface area contributed by atoms with Crippen LogP contribution in [0.15, 0.2) is 67.3 Å². The Balaban J connectivity index is 0.000000909. The van der Waals surface area contributed by atoms with Gasteiger partial charge in [-0.1, -0.05) is 18.2 Å². The monoisotopic (exact) mass is 560 g/mol. The Morgan fingerprint density at radius 3 is 2.49 bits per heavy atom. The van der Waals surface area contributed by atoms with Crippen LogP contribution >= 0.6 is 0 Å². The van der Waals surface area contributed by atoms with Gasteiger partial charge in [-0.25, -0.2) is 4.98 Å². The molecule has 4 aromatic rings. The standard InChI is InChI=1S/C28H32N6O3.C2H4O2/c1-32(2)10-4-5-28(36)34(17-22-15-29-18-33(22)3)21-13-24(14-21)37-27-12-20(11-26-25(27)16-30-31-26)19-6-8-23(35)9-7-19;1-2(3)4/h4-9,11-12,15-16,18,21,24,35H,10,13-14,17H2,1-3H3,(H,30,31);1H3,(H,3,4)/b5-4+;. The number of carboxylic acid groups (broad SMARTS) is 1. The molecule has 216 valence electrons. The SMILES string of the molecule is CC(=O)O.CN(C)C/C=C/C(=O)N(Cc1cncn1C)C1CC(Oc2cc(-c3ccc(O)cc3)cc3[nH]ncc23)C1. The number of aliphatic carboxylic acids is 1. The number of nitrogens with zero attached hydrogens (tertiary/aromatic N) is 5. The number of aromatic hydroxyl groups is 1. The lowest BCUT2D eigenvalue weighted by molar-refractivity contribution is -0.134. The summed E-state index contributed by atoms with van der Waals surface area (Å²) in [7, 11) is 5.89. The highest BCUT2D eigenvalue weighted by atomic mass is 16.5. The average molecular weight is 561 g/mol. The number of aromatic amines is 1. The van der Waals surface area contributed by atoms with E-state index in [0.29, 0.717) is 13.1 Å². The number of aromatic nitrogens is 4. The number of aryl methyl sites for hydroxylation is 1. The number of carboxylic acids is 1. The molecular weight excluding hydrogens is 524 g/mol. The number of carbonyl (C=O) groups is 2. The van der Waals surface area contributed by atoms with E-state index in [9.17, 15) is 9.90 Å². The van der Waals surface area contributed by atoms with Gasteiger partial charge < -0.3 is 29.3 Å². The zero-order chi connectivity index (χ0) is 29.5. The molecule has 1 aliphatic carbocycles. The molecule has 0 saturated heterocycles. The molecule has 1 saturated carbocycles. The van der Waals surface area contributed by atoms with Gasteiger partial charge in [-0.2, -0.15) is 5.10 Å². The van der Waals surface area contributed by atoms with Crippen LogP contribution in [-0.2, 0) is 23.2 Å². The third-order valence-corrected chi connectivity index (χ3v) is 6.79. The van der Waals surface area contributed by atoms with Crippen molar-refractivity contribution in [1.29, 1.82) is 0 Å². The minimum absolute atomic E-state index is 0.00180. The number of ether oxygens (including phenoxy) is 1. The van der Waals surface area contributed by atoms with Gasteiger partial charge in [0.1, 0.15) is 17.6 Å². The first kappa shape index (κ1) is 29.3. The molecule has 1 fully saturated rings. The fourth-order valence-corrected chi connectivity index (χ4v) is 4.56. The second kappa shape index (κ2) is 13.1. The predicted octanol–water partition coefficient (Wildman–Crippen LogP) is 3.82. The number of imidazole rings is 1. The summed E-state index contributed by atoms with van der Waals surface area (Å²) in [6.45, 7) is 2.29. The van der Waals surface area contributed by atoms with Crippen LogP contribution in [0.5, 0.6) is 11.5 Å². The molecule has 0 spiro atoms. The van der Waals surface area contributed by atoms with Crippen molar-refractivity contribution in [1.82, 2.24) is 29.5 Å². The Kier molecular flexibility index (Phi) is 9.41. The lowest BCUT2D eigenvalue weighted by atomic mass is 9.87. The van der Waals surface area contributed by atoms with Crippen molar-refractivity contribution in [2.24, 2.45) is 7.05 Å². The summed E-state index contributed by atoms with van der Waals surface area (Å²) < 4.78 is 8.40. The van der Waals surface area contributed by atoms with Crippen molar-refractivity contribution in [2.75, 3.05) is 20.6 Å². The first-order valence-corrected chi connectivity index (χ1v) is 13.3. The summed E-state index contributed by atoms with van der Waals surface area (Å²) in [6.07, 6.45) is 10.4. The molecule has 3 N–H and O–H groups in total. The number of nitrogens with one attached hydrogen (secondary N) is 1. The lowest BCUT2D eigenvalue weighted by Gasteiger charge is -2.42. The molecule has 2 aromatic heterocycles. The van der Waals surface area contributed by atoms with Crippen LogP contribution in [0.1, 0.15) is 25.5 Å². The van der Waals surface area contributed by atoms with Crippen LogP contribution in [0.3, 0.4) is 0 Å². The van der Waals surface area contributed by atoms with Gasteiger partial charge in [0.25, 0.3) is 5.97 Å². The number of H-pyrrole nitrogens is 1. The second-order valence-corrected chi connectivity index (χ2v) is 10.4. The van der Waals surface area contributed by atoms with Crippen molar-refractivity contribution in [2.45, 2.75) is 38.5 Å². The van der Waals surface area contributed by atoms with E-state index in [0.717, 1.165) is 53.2 Å². The summed E-state index contributed by atoms with van der Waals surface area (Å²) in [4.78, 5) is 30.3. The van der Waals surface area contributed by atoms with Gasteiger partial charge in [-0.15, -0.1) is 0 Å². The van der Waals surface area contributed by atoms with Gasteiger partial charge in [-0.3, -0.25) is 14.7 Å².